The Labute approximate surface area is 341 Å². The lowest BCUT2D eigenvalue weighted by Gasteiger charge is -2.33. The number of hydrogen-bond acceptors (Lipinski definition) is 9. The summed E-state index contributed by atoms with van der Waals surface area (Å²) in [6.45, 7) is 14.6. The number of nitrogens with one attached hydrogen (secondary N) is 2. The average Bonchev–Trinajstić information content (AvgIpc) is 3.15. The van der Waals surface area contributed by atoms with Gasteiger partial charge in [-0.15, -0.1) is 0 Å². The van der Waals surface area contributed by atoms with Gasteiger partial charge in [0.15, 0.2) is 0 Å². The van der Waals surface area contributed by atoms with Gasteiger partial charge in [-0.3, -0.25) is 20.0 Å². The van der Waals surface area contributed by atoms with E-state index in [9.17, 15) is 36.8 Å². The molecular formula is C41H55ClN4O9S2. The van der Waals surface area contributed by atoms with Crippen LogP contribution in [0.5, 0.6) is 5.75 Å². The highest BCUT2D eigenvalue weighted by molar-refractivity contribution is 7.89. The summed E-state index contributed by atoms with van der Waals surface area (Å²) in [6, 6.07) is 14.5. The number of nitrogens with zero attached hydrogens (tertiary/aromatic N) is 2. The molecule has 0 unspecified atom stereocenters. The third-order valence-electron chi connectivity index (χ3n) is 10.1. The summed E-state index contributed by atoms with van der Waals surface area (Å²) in [6.07, 6.45) is 0.914. The first kappa shape index (κ1) is 45.9. The van der Waals surface area contributed by atoms with Crippen LogP contribution in [-0.2, 0) is 29.6 Å². The van der Waals surface area contributed by atoms with Gasteiger partial charge in [-0.1, -0.05) is 109 Å². The normalized spacial score (nSPS) is 13.7. The largest absolute Gasteiger partial charge is 0.495 e. The minimum atomic E-state index is -4.38. The number of carbonyl (C=O) groups excluding carboxylic acids is 2. The molecular weight excluding hydrogens is 792 g/mol. The third-order valence-corrected chi connectivity index (χ3v) is 14.4. The molecule has 0 spiro atoms. The molecule has 4 N–H and O–H groups in total. The fourth-order valence-corrected chi connectivity index (χ4v) is 11.3. The van der Waals surface area contributed by atoms with Gasteiger partial charge in [0.25, 0.3) is 11.8 Å². The van der Waals surface area contributed by atoms with E-state index in [2.05, 4.69) is 0 Å². The molecule has 2 atom stereocenters. The smallest absolute Gasteiger partial charge is 0.262 e. The Kier molecular flexibility index (Phi) is 15.2. The van der Waals surface area contributed by atoms with Crippen LogP contribution in [-0.4, -0.2) is 80.0 Å². The van der Waals surface area contributed by atoms with Crippen LogP contribution in [0.2, 0.25) is 5.02 Å². The Morgan fingerprint density at radius 2 is 1.18 bits per heavy atom. The number of fused-ring (bicyclic) bond motifs is 2. The van der Waals surface area contributed by atoms with Crippen molar-refractivity contribution in [3.63, 3.8) is 0 Å². The van der Waals surface area contributed by atoms with Gasteiger partial charge >= 0.3 is 0 Å². The van der Waals surface area contributed by atoms with E-state index in [1.807, 2.05) is 39.8 Å². The molecule has 13 nitrogen and oxygen atoms in total. The molecule has 0 aliphatic carbocycles. The lowest BCUT2D eigenvalue weighted by atomic mass is 9.96. The first-order valence-corrected chi connectivity index (χ1v) is 22.2. The molecule has 312 valence electrons. The van der Waals surface area contributed by atoms with Crippen molar-refractivity contribution in [2.75, 3.05) is 20.2 Å². The molecule has 0 aliphatic rings. The van der Waals surface area contributed by atoms with E-state index in [0.29, 0.717) is 45.5 Å². The molecule has 0 saturated heterocycles. The van der Waals surface area contributed by atoms with Crippen LogP contribution in [0.4, 0.5) is 0 Å². The van der Waals surface area contributed by atoms with Crippen molar-refractivity contribution in [2.24, 2.45) is 23.7 Å². The van der Waals surface area contributed by atoms with Crippen molar-refractivity contribution in [2.45, 2.75) is 90.1 Å². The summed E-state index contributed by atoms with van der Waals surface area (Å²) >= 11 is 6.99. The fraction of sp³-hybridized carbons (Fsp3) is 0.463. The van der Waals surface area contributed by atoms with Gasteiger partial charge in [0, 0.05) is 23.9 Å². The van der Waals surface area contributed by atoms with Gasteiger partial charge < -0.3 is 4.74 Å². The molecule has 4 rings (SSSR count). The van der Waals surface area contributed by atoms with Crippen LogP contribution >= 0.6 is 11.6 Å². The highest BCUT2D eigenvalue weighted by atomic mass is 35.5. The number of methoxy groups -OCH3 is 1. The number of halogens is 1. The van der Waals surface area contributed by atoms with Gasteiger partial charge in [-0.2, -0.15) is 8.61 Å². The minimum Gasteiger partial charge on any atom is -0.495 e. The van der Waals surface area contributed by atoms with Crippen LogP contribution in [0, 0.1) is 23.7 Å². The van der Waals surface area contributed by atoms with E-state index in [1.54, 1.807) is 75.1 Å². The fourth-order valence-electron chi connectivity index (χ4n) is 7.11. The number of sulfonamides is 2. The van der Waals surface area contributed by atoms with Gasteiger partial charge in [0.2, 0.25) is 20.0 Å². The van der Waals surface area contributed by atoms with E-state index in [0.717, 1.165) is 8.61 Å². The number of carbonyl (C=O) groups is 2. The first-order chi connectivity index (χ1) is 26.7. The van der Waals surface area contributed by atoms with Crippen molar-refractivity contribution < 1.29 is 41.6 Å². The van der Waals surface area contributed by atoms with Crippen molar-refractivity contribution in [1.82, 2.24) is 19.6 Å². The molecule has 0 aromatic heterocycles. The third kappa shape index (κ3) is 9.56. The maximum absolute atomic E-state index is 14.5. The molecule has 57 heavy (non-hydrogen) atoms. The van der Waals surface area contributed by atoms with E-state index in [4.69, 9.17) is 16.3 Å². The number of hydroxylamine groups is 2. The van der Waals surface area contributed by atoms with Gasteiger partial charge in [0.05, 0.1) is 12.1 Å². The molecule has 2 amide bonds. The van der Waals surface area contributed by atoms with Crippen molar-refractivity contribution in [3.8, 4) is 16.9 Å². The number of benzene rings is 4. The Bertz CT molecular complexity index is 2320. The van der Waals surface area contributed by atoms with E-state index < -0.39 is 55.8 Å². The zero-order valence-electron chi connectivity index (χ0n) is 33.9. The van der Waals surface area contributed by atoms with E-state index >= 15 is 0 Å². The number of rotatable bonds is 18. The van der Waals surface area contributed by atoms with Crippen LogP contribution < -0.4 is 15.7 Å². The second-order valence-corrected chi connectivity index (χ2v) is 19.8. The van der Waals surface area contributed by atoms with Gasteiger partial charge in [-0.05, 0) is 76.6 Å². The summed E-state index contributed by atoms with van der Waals surface area (Å²) in [5.74, 6) is -2.35. The quantitative estimate of drug-likeness (QED) is 0.0584. The van der Waals surface area contributed by atoms with Gasteiger partial charge in [0.1, 0.15) is 27.6 Å². The summed E-state index contributed by atoms with van der Waals surface area (Å²) in [5, 5.41) is 21.2. The topological polar surface area (TPSA) is 183 Å². The average molecular weight is 847 g/mol. The summed E-state index contributed by atoms with van der Waals surface area (Å²) < 4.78 is 65.9. The maximum atomic E-state index is 14.5. The van der Waals surface area contributed by atoms with E-state index in [1.165, 1.54) is 19.2 Å². The zero-order valence-corrected chi connectivity index (χ0v) is 36.3. The minimum absolute atomic E-state index is 0.0163. The molecule has 4 aromatic rings. The zero-order chi connectivity index (χ0) is 42.6. The second-order valence-electron chi connectivity index (χ2n) is 15.7. The van der Waals surface area contributed by atoms with Gasteiger partial charge in [-0.25, -0.2) is 27.8 Å². The van der Waals surface area contributed by atoms with Crippen molar-refractivity contribution in [1.29, 1.82) is 0 Å². The van der Waals surface area contributed by atoms with Crippen LogP contribution in [0.25, 0.3) is 32.7 Å². The maximum Gasteiger partial charge on any atom is 0.262 e. The summed E-state index contributed by atoms with van der Waals surface area (Å²) in [5.41, 5.74) is 4.59. The van der Waals surface area contributed by atoms with Crippen LogP contribution in [0.15, 0.2) is 70.5 Å². The lowest BCUT2D eigenvalue weighted by molar-refractivity contribution is -0.135. The van der Waals surface area contributed by atoms with Crippen LogP contribution in [0.3, 0.4) is 0 Å². The number of amides is 2. The Balaban J connectivity index is 1.91. The Morgan fingerprint density at radius 1 is 0.684 bits per heavy atom. The van der Waals surface area contributed by atoms with Crippen LogP contribution in [0.1, 0.15) is 68.2 Å². The molecule has 4 aromatic carbocycles. The number of ether oxygens (including phenoxy) is 1. The Hall–Kier alpha value is -3.83. The molecule has 0 saturated carbocycles. The molecule has 0 heterocycles. The standard InChI is InChI=1S/C41H55ClN4O9S2/c1-24(2)19-21-45(37(26(5)6)40(47)43-49)56(51,52)34-17-15-28-13-14-29(23-33(28)36(34)42)30-11-10-12-32-31(30)16-18-35(39(32)55-9)57(53,54)46(22-20-25(3)4)38(27(7)8)41(48)44-50/h10-18,23-27,37-38,49-50H,19-22H2,1-9H3,(H,43,47)(H,44,48)/t37-,38-/m1/s1. The lowest BCUT2D eigenvalue weighted by Crippen LogP contribution is -2.52. The highest BCUT2D eigenvalue weighted by Gasteiger charge is 2.41. The van der Waals surface area contributed by atoms with Crippen molar-refractivity contribution >= 4 is 65.0 Å². The molecule has 0 bridgehead atoms. The van der Waals surface area contributed by atoms with Crippen molar-refractivity contribution in [3.05, 3.63) is 65.7 Å². The predicted octanol–water partition coefficient (Wildman–Crippen LogP) is 7.46. The second kappa shape index (κ2) is 18.8. The molecule has 0 fully saturated rings. The predicted molar refractivity (Wildman–Crippen MR) is 222 cm³/mol. The highest BCUT2D eigenvalue weighted by Crippen LogP contribution is 2.42. The summed E-state index contributed by atoms with van der Waals surface area (Å²) in [7, 11) is -7.39. The summed E-state index contributed by atoms with van der Waals surface area (Å²) in [4.78, 5) is 25.4. The molecule has 0 radical (unpaired) electrons. The number of hydrogen-bond donors (Lipinski definition) is 4. The SMILES string of the molecule is COc1c(S(=O)(=O)N(CCC(C)C)[C@@H](C(=O)NO)C(C)C)ccc2c(-c3ccc4ccc(S(=O)(=O)N(CCC(C)C)[C@@H](C(=O)NO)C(C)C)c(Cl)c4c3)cccc12. The molecule has 16 heteroatoms. The Morgan fingerprint density at radius 3 is 1.65 bits per heavy atom. The van der Waals surface area contributed by atoms with E-state index in [-0.39, 0.29) is 45.5 Å². The first-order valence-electron chi connectivity index (χ1n) is 19.0. The monoisotopic (exact) mass is 846 g/mol. The molecule has 0 aliphatic heterocycles.